The van der Waals surface area contributed by atoms with Gasteiger partial charge < -0.3 is 4.74 Å². The lowest BCUT2D eigenvalue weighted by Crippen LogP contribution is -2.46. The molecule has 4 N–H and O–H groups in total. The second kappa shape index (κ2) is 5.78. The normalized spacial score (nSPS) is 11.1. The van der Waals surface area contributed by atoms with Gasteiger partial charge in [0.05, 0.1) is 17.9 Å². The van der Waals surface area contributed by atoms with Gasteiger partial charge in [0.1, 0.15) is 0 Å². The number of esters is 1. The Morgan fingerprint density at radius 3 is 2.39 bits per heavy atom. The van der Waals surface area contributed by atoms with Crippen LogP contribution in [0.2, 0.25) is 0 Å². The number of benzene rings is 1. The van der Waals surface area contributed by atoms with Crippen LogP contribution in [-0.2, 0) is 15.0 Å². The molecule has 0 saturated heterocycles. The summed E-state index contributed by atoms with van der Waals surface area (Å²) in [5.74, 6) is 4.46. The van der Waals surface area contributed by atoms with Crippen LogP contribution in [0, 0.1) is 0 Å². The van der Waals surface area contributed by atoms with E-state index in [-0.39, 0.29) is 17.9 Å². The van der Waals surface area contributed by atoms with Gasteiger partial charge in [0.15, 0.2) is 0 Å². The summed E-state index contributed by atoms with van der Waals surface area (Å²) in [4.78, 5) is 11.3. The second-order valence-electron chi connectivity index (χ2n) is 3.14. The molecular formula is C9H13N3O5S. The van der Waals surface area contributed by atoms with Crippen molar-refractivity contribution in [3.8, 4) is 0 Å². The predicted molar refractivity (Wildman–Crippen MR) is 63.7 cm³/mol. The molecule has 0 aromatic heterocycles. The molecule has 9 heteroatoms. The zero-order valence-corrected chi connectivity index (χ0v) is 10.3. The van der Waals surface area contributed by atoms with Crippen molar-refractivity contribution in [1.82, 2.24) is 5.53 Å². The first-order chi connectivity index (χ1) is 8.40. The highest BCUT2D eigenvalue weighted by Crippen LogP contribution is 2.16. The van der Waals surface area contributed by atoms with Crippen LogP contribution in [0.4, 0.5) is 5.69 Å². The average Bonchev–Trinajstić information content (AvgIpc) is 2.29. The van der Waals surface area contributed by atoms with Gasteiger partial charge in [-0.25, -0.2) is 4.79 Å². The first-order valence-corrected chi connectivity index (χ1v) is 6.31. The number of hydrogen-bond acceptors (Lipinski definition) is 6. The Morgan fingerprint density at radius 1 is 1.44 bits per heavy atom. The number of nitrogens with two attached hydrogens (primary N) is 1. The summed E-state index contributed by atoms with van der Waals surface area (Å²) in [7, 11) is -4.53. The molecule has 0 saturated carbocycles. The van der Waals surface area contributed by atoms with Crippen molar-refractivity contribution >= 4 is 22.0 Å². The number of carbonyl (C=O) groups is 1. The molecule has 0 aliphatic heterocycles. The van der Waals surface area contributed by atoms with E-state index in [4.69, 9.17) is 15.1 Å². The maximum Gasteiger partial charge on any atom is 0.374 e. The fourth-order valence-electron chi connectivity index (χ4n) is 1.22. The van der Waals surface area contributed by atoms with E-state index in [0.29, 0.717) is 4.41 Å². The summed E-state index contributed by atoms with van der Waals surface area (Å²) in [6, 6.07) is 5.28. The third-order valence-corrected chi connectivity index (χ3v) is 2.74. The lowest BCUT2D eigenvalue weighted by molar-refractivity contribution is 0.0526. The van der Waals surface area contributed by atoms with E-state index in [9.17, 15) is 13.2 Å². The fraction of sp³-hybridized carbons (Fsp3) is 0.222. The van der Waals surface area contributed by atoms with Crippen molar-refractivity contribution in [2.45, 2.75) is 6.92 Å². The Hall–Kier alpha value is -1.68. The highest BCUT2D eigenvalue weighted by molar-refractivity contribution is 7.87. The van der Waals surface area contributed by atoms with E-state index < -0.39 is 16.3 Å². The summed E-state index contributed by atoms with van der Waals surface area (Å²) >= 11 is 0. The van der Waals surface area contributed by atoms with E-state index in [1.807, 2.05) is 5.53 Å². The first-order valence-electron chi connectivity index (χ1n) is 4.91. The van der Waals surface area contributed by atoms with E-state index >= 15 is 0 Å². The molecule has 0 amide bonds. The smallest absolute Gasteiger partial charge is 0.374 e. The molecule has 0 spiro atoms. The molecule has 100 valence electrons. The van der Waals surface area contributed by atoms with Crippen molar-refractivity contribution in [2.75, 3.05) is 11.0 Å². The van der Waals surface area contributed by atoms with Gasteiger partial charge in [0.25, 0.3) is 0 Å². The summed E-state index contributed by atoms with van der Waals surface area (Å²) in [5, 5.41) is 0. The van der Waals surface area contributed by atoms with E-state index in [0.717, 1.165) is 0 Å². The van der Waals surface area contributed by atoms with Gasteiger partial charge in [-0.3, -0.25) is 10.4 Å². The molecule has 0 bridgehead atoms. The minimum atomic E-state index is -4.53. The van der Waals surface area contributed by atoms with Crippen LogP contribution in [0.3, 0.4) is 0 Å². The van der Waals surface area contributed by atoms with Gasteiger partial charge in [-0.2, -0.15) is 18.4 Å². The molecule has 0 atom stereocenters. The molecule has 1 aromatic carbocycles. The largest absolute Gasteiger partial charge is 0.462 e. The molecule has 1 rings (SSSR count). The van der Waals surface area contributed by atoms with Gasteiger partial charge in [0, 0.05) is 0 Å². The Kier molecular flexibility index (Phi) is 4.62. The van der Waals surface area contributed by atoms with Gasteiger partial charge in [-0.1, -0.05) is 0 Å². The summed E-state index contributed by atoms with van der Waals surface area (Å²) in [6.45, 7) is 1.91. The van der Waals surface area contributed by atoms with Crippen molar-refractivity contribution in [2.24, 2.45) is 5.84 Å². The monoisotopic (exact) mass is 275 g/mol. The minimum absolute atomic E-state index is 0.0491. The van der Waals surface area contributed by atoms with E-state index in [2.05, 4.69) is 0 Å². The Bertz CT molecular complexity index is 514. The molecule has 0 aliphatic carbocycles. The van der Waals surface area contributed by atoms with Crippen LogP contribution < -0.4 is 15.8 Å². The quantitative estimate of drug-likeness (QED) is 0.295. The summed E-state index contributed by atoms with van der Waals surface area (Å²) in [5.41, 5.74) is 2.12. The van der Waals surface area contributed by atoms with Gasteiger partial charge in [-0.15, -0.1) is 0 Å². The zero-order valence-electron chi connectivity index (χ0n) is 9.53. The second-order valence-corrected chi connectivity index (χ2v) is 4.40. The Labute approximate surface area is 104 Å². The molecular weight excluding hydrogens is 262 g/mol. The Morgan fingerprint density at radius 2 is 2.00 bits per heavy atom. The molecule has 1 aromatic rings. The van der Waals surface area contributed by atoms with Gasteiger partial charge >= 0.3 is 16.3 Å². The number of hydrazine groups is 2. The number of anilines is 1. The zero-order chi connectivity index (χ0) is 13.8. The molecule has 0 unspecified atom stereocenters. The molecule has 0 heterocycles. The number of nitrogens with one attached hydrogen (secondary N) is 1. The van der Waals surface area contributed by atoms with Crippen LogP contribution in [0.25, 0.3) is 0 Å². The van der Waals surface area contributed by atoms with Crippen LogP contribution >= 0.6 is 0 Å². The highest BCUT2D eigenvalue weighted by Gasteiger charge is 2.18. The Balaban J connectivity index is 2.98. The van der Waals surface area contributed by atoms with Crippen molar-refractivity contribution in [3.05, 3.63) is 29.8 Å². The average molecular weight is 275 g/mol. The third kappa shape index (κ3) is 3.40. The van der Waals surface area contributed by atoms with Crippen molar-refractivity contribution in [3.63, 3.8) is 0 Å². The topological polar surface area (TPSA) is 122 Å². The fourth-order valence-corrected chi connectivity index (χ4v) is 1.74. The van der Waals surface area contributed by atoms with E-state index in [1.54, 1.807) is 6.92 Å². The minimum Gasteiger partial charge on any atom is -0.462 e. The lowest BCUT2D eigenvalue weighted by Gasteiger charge is -2.18. The van der Waals surface area contributed by atoms with Crippen LogP contribution in [0.5, 0.6) is 0 Å². The van der Waals surface area contributed by atoms with Crippen molar-refractivity contribution < 1.29 is 22.5 Å². The first kappa shape index (κ1) is 14.4. The van der Waals surface area contributed by atoms with Crippen molar-refractivity contribution in [1.29, 1.82) is 0 Å². The SMILES string of the molecule is CCOC(=O)c1ccc(N(NN)S(=O)(=O)O)cc1. The maximum atomic E-state index is 11.3. The van der Waals surface area contributed by atoms with Crippen LogP contribution in [0.15, 0.2) is 24.3 Å². The number of nitrogens with zero attached hydrogens (tertiary/aromatic N) is 1. The number of carbonyl (C=O) groups excluding carboxylic acids is 1. The summed E-state index contributed by atoms with van der Waals surface area (Å²) in [6.07, 6.45) is 0. The molecule has 18 heavy (non-hydrogen) atoms. The third-order valence-electron chi connectivity index (χ3n) is 1.96. The van der Waals surface area contributed by atoms with E-state index in [1.165, 1.54) is 24.3 Å². The molecule has 0 radical (unpaired) electrons. The number of rotatable bonds is 5. The number of hydrogen-bond donors (Lipinski definition) is 3. The molecule has 0 fully saturated rings. The van der Waals surface area contributed by atoms with Gasteiger partial charge in [0.2, 0.25) is 0 Å². The van der Waals surface area contributed by atoms with Crippen LogP contribution in [-0.4, -0.2) is 25.5 Å². The highest BCUT2D eigenvalue weighted by atomic mass is 32.2. The lowest BCUT2D eigenvalue weighted by atomic mass is 10.2. The standard InChI is InChI=1S/C9H13N3O5S/c1-2-17-9(13)7-3-5-8(6-4-7)12(11-10)18(14,15)16/h3-6,11H,2,10H2,1H3,(H,14,15,16). The molecule has 0 aliphatic rings. The van der Waals surface area contributed by atoms with Crippen LogP contribution in [0.1, 0.15) is 17.3 Å². The summed E-state index contributed by atoms with van der Waals surface area (Å²) < 4.78 is 35.8. The maximum absolute atomic E-state index is 11.3. The van der Waals surface area contributed by atoms with Gasteiger partial charge in [-0.05, 0) is 31.2 Å². The number of ether oxygens (including phenoxy) is 1. The molecule has 8 nitrogen and oxygen atoms in total. The predicted octanol–water partition coefficient (Wildman–Crippen LogP) is -0.149.